The summed E-state index contributed by atoms with van der Waals surface area (Å²) in [5.74, 6) is 0.189. The lowest BCUT2D eigenvalue weighted by molar-refractivity contribution is 0.148. The van der Waals surface area contributed by atoms with Crippen LogP contribution in [-0.2, 0) is 12.8 Å². The molecular weight excluding hydrogens is 304 g/mol. The summed E-state index contributed by atoms with van der Waals surface area (Å²) in [6, 6.07) is 6.08. The van der Waals surface area contributed by atoms with Gasteiger partial charge in [-0.1, -0.05) is 6.92 Å². The number of aliphatic hydroxyl groups excluding tert-OH is 1. The van der Waals surface area contributed by atoms with Gasteiger partial charge in [0.1, 0.15) is 6.33 Å². The van der Waals surface area contributed by atoms with E-state index in [0.717, 1.165) is 36.4 Å². The van der Waals surface area contributed by atoms with Crippen LogP contribution in [0.5, 0.6) is 0 Å². The first-order chi connectivity index (χ1) is 11.7. The highest BCUT2D eigenvalue weighted by atomic mass is 16.3. The van der Waals surface area contributed by atoms with Crippen molar-refractivity contribution in [1.82, 2.24) is 24.8 Å². The zero-order valence-electron chi connectivity index (χ0n) is 13.6. The second-order valence-electron chi connectivity index (χ2n) is 6.27. The molecule has 1 fully saturated rings. The number of pyridine rings is 1. The molecule has 0 unspecified atom stereocenters. The largest absolute Gasteiger partial charge is 0.391 e. The van der Waals surface area contributed by atoms with Crippen LogP contribution in [0.3, 0.4) is 0 Å². The van der Waals surface area contributed by atoms with Gasteiger partial charge in [0, 0.05) is 31.4 Å². The van der Waals surface area contributed by atoms with Crippen LogP contribution in [-0.4, -0.2) is 49.1 Å². The second kappa shape index (κ2) is 6.16. The molecule has 4 rings (SSSR count). The van der Waals surface area contributed by atoms with E-state index in [-0.39, 0.29) is 12.0 Å². The highest BCUT2D eigenvalue weighted by Crippen LogP contribution is 2.29. The molecule has 4 heterocycles. The lowest BCUT2D eigenvalue weighted by Gasteiger charge is -2.19. The minimum Gasteiger partial charge on any atom is -0.391 e. The van der Waals surface area contributed by atoms with Gasteiger partial charge in [-0.25, -0.2) is 0 Å². The standard InChI is InChI=1S/C17H20N6O/c1-2-14-8-15(17-20-19-11-23(17)21-14)22-9-13(16(24)10-22)7-12-3-5-18-6-4-12/h3-6,8,11,13,16,24H,2,7,9-10H2,1H3/t13-,16+/m1/s1. The molecule has 0 aliphatic carbocycles. The van der Waals surface area contributed by atoms with E-state index >= 15 is 0 Å². The van der Waals surface area contributed by atoms with Crippen LogP contribution in [0.2, 0.25) is 0 Å². The van der Waals surface area contributed by atoms with Crippen LogP contribution in [0, 0.1) is 5.92 Å². The van der Waals surface area contributed by atoms with E-state index in [4.69, 9.17) is 0 Å². The Labute approximate surface area is 140 Å². The number of fused-ring (bicyclic) bond motifs is 1. The summed E-state index contributed by atoms with van der Waals surface area (Å²) >= 11 is 0. The minimum atomic E-state index is -0.362. The number of aliphatic hydroxyl groups is 1. The Morgan fingerprint density at radius 2 is 2.08 bits per heavy atom. The average molecular weight is 324 g/mol. The quantitative estimate of drug-likeness (QED) is 0.775. The van der Waals surface area contributed by atoms with Gasteiger partial charge in [0.2, 0.25) is 5.65 Å². The van der Waals surface area contributed by atoms with Crippen LogP contribution >= 0.6 is 0 Å². The zero-order valence-corrected chi connectivity index (χ0v) is 13.6. The van der Waals surface area contributed by atoms with E-state index in [1.807, 2.05) is 12.1 Å². The number of nitrogens with zero attached hydrogens (tertiary/aromatic N) is 6. The Morgan fingerprint density at radius 1 is 1.25 bits per heavy atom. The number of aryl methyl sites for hydroxylation is 1. The fourth-order valence-electron chi connectivity index (χ4n) is 3.34. The molecule has 1 N–H and O–H groups in total. The molecule has 124 valence electrons. The first-order valence-corrected chi connectivity index (χ1v) is 8.26. The number of β-amino-alcohol motifs (C(OH)–C–C–N with tert-alkyl or cyclic N) is 1. The van der Waals surface area contributed by atoms with Crippen molar-refractivity contribution >= 4 is 11.3 Å². The van der Waals surface area contributed by atoms with Gasteiger partial charge in [0.15, 0.2) is 0 Å². The molecule has 0 bridgehead atoms. The molecule has 0 spiro atoms. The maximum atomic E-state index is 10.5. The van der Waals surface area contributed by atoms with Crippen molar-refractivity contribution < 1.29 is 5.11 Å². The lowest BCUT2D eigenvalue weighted by atomic mass is 9.97. The van der Waals surface area contributed by atoms with Crippen LogP contribution in [0.1, 0.15) is 18.2 Å². The van der Waals surface area contributed by atoms with E-state index in [9.17, 15) is 5.11 Å². The smallest absolute Gasteiger partial charge is 0.200 e. The summed E-state index contributed by atoms with van der Waals surface area (Å²) in [5, 5.41) is 23.2. The van der Waals surface area contributed by atoms with Crippen LogP contribution in [0.15, 0.2) is 36.9 Å². The van der Waals surface area contributed by atoms with Crippen molar-refractivity contribution in [2.24, 2.45) is 5.92 Å². The third-order valence-corrected chi connectivity index (χ3v) is 4.66. The molecule has 0 amide bonds. The molecule has 7 heteroatoms. The van der Waals surface area contributed by atoms with Crippen LogP contribution in [0.4, 0.5) is 5.69 Å². The Kier molecular flexibility index (Phi) is 3.86. The molecule has 0 aromatic carbocycles. The first kappa shape index (κ1) is 15.0. The number of anilines is 1. The normalized spacial score (nSPS) is 20.8. The molecule has 0 saturated carbocycles. The van der Waals surface area contributed by atoms with Crippen LogP contribution < -0.4 is 4.90 Å². The van der Waals surface area contributed by atoms with Crippen molar-refractivity contribution in [3.63, 3.8) is 0 Å². The Hall–Kier alpha value is -2.54. The maximum absolute atomic E-state index is 10.5. The van der Waals surface area contributed by atoms with Gasteiger partial charge < -0.3 is 10.0 Å². The van der Waals surface area contributed by atoms with Gasteiger partial charge >= 0.3 is 0 Å². The zero-order chi connectivity index (χ0) is 16.5. The molecule has 1 aliphatic rings. The number of hydrogen-bond donors (Lipinski definition) is 1. The minimum absolute atomic E-state index is 0.189. The molecule has 24 heavy (non-hydrogen) atoms. The number of aromatic nitrogens is 5. The summed E-state index contributed by atoms with van der Waals surface area (Å²) in [5.41, 5.74) is 3.93. The fraction of sp³-hybridized carbons (Fsp3) is 0.412. The summed E-state index contributed by atoms with van der Waals surface area (Å²) in [6.45, 7) is 3.47. The molecule has 1 aliphatic heterocycles. The Balaban J connectivity index is 1.61. The highest BCUT2D eigenvalue weighted by Gasteiger charge is 2.33. The maximum Gasteiger partial charge on any atom is 0.200 e. The van der Waals surface area contributed by atoms with Gasteiger partial charge in [0.05, 0.1) is 17.5 Å². The molecule has 3 aromatic heterocycles. The van der Waals surface area contributed by atoms with Crippen molar-refractivity contribution in [2.45, 2.75) is 25.9 Å². The topological polar surface area (TPSA) is 79.4 Å². The Morgan fingerprint density at radius 3 is 2.88 bits per heavy atom. The third kappa shape index (κ3) is 2.71. The predicted molar refractivity (Wildman–Crippen MR) is 89.8 cm³/mol. The SMILES string of the molecule is CCc1cc(N2C[C@@H](Cc3ccncc3)[C@@H](O)C2)c2nncn2n1. The van der Waals surface area contributed by atoms with E-state index in [0.29, 0.717) is 6.54 Å². The van der Waals surface area contributed by atoms with Crippen LogP contribution in [0.25, 0.3) is 5.65 Å². The average Bonchev–Trinajstić information content (AvgIpc) is 3.22. The van der Waals surface area contributed by atoms with E-state index in [2.05, 4.69) is 38.2 Å². The van der Waals surface area contributed by atoms with Crippen molar-refractivity contribution in [2.75, 3.05) is 18.0 Å². The van der Waals surface area contributed by atoms with E-state index in [1.165, 1.54) is 5.56 Å². The number of rotatable bonds is 4. The van der Waals surface area contributed by atoms with Gasteiger partial charge in [-0.05, 0) is 36.6 Å². The number of hydrogen-bond acceptors (Lipinski definition) is 6. The van der Waals surface area contributed by atoms with Crippen molar-refractivity contribution in [1.29, 1.82) is 0 Å². The molecule has 2 atom stereocenters. The van der Waals surface area contributed by atoms with Crippen molar-refractivity contribution in [3.05, 3.63) is 48.2 Å². The highest BCUT2D eigenvalue weighted by molar-refractivity contribution is 5.69. The van der Waals surface area contributed by atoms with E-state index < -0.39 is 0 Å². The molecule has 7 nitrogen and oxygen atoms in total. The molecule has 1 saturated heterocycles. The van der Waals surface area contributed by atoms with Gasteiger partial charge in [-0.3, -0.25) is 4.98 Å². The van der Waals surface area contributed by atoms with Gasteiger partial charge in [-0.15, -0.1) is 10.2 Å². The summed E-state index contributed by atoms with van der Waals surface area (Å²) in [6.07, 6.45) is 6.54. The lowest BCUT2D eigenvalue weighted by Crippen LogP contribution is -2.22. The molecule has 3 aromatic rings. The van der Waals surface area contributed by atoms with Gasteiger partial charge in [-0.2, -0.15) is 9.61 Å². The van der Waals surface area contributed by atoms with Gasteiger partial charge in [0.25, 0.3) is 0 Å². The van der Waals surface area contributed by atoms with Crippen molar-refractivity contribution in [3.8, 4) is 0 Å². The summed E-state index contributed by atoms with van der Waals surface area (Å²) in [4.78, 5) is 6.25. The molecular formula is C17H20N6O. The second-order valence-corrected chi connectivity index (χ2v) is 6.27. The molecule has 0 radical (unpaired) electrons. The fourth-order valence-corrected chi connectivity index (χ4v) is 3.34. The Bertz CT molecular complexity index is 833. The summed E-state index contributed by atoms with van der Waals surface area (Å²) in [7, 11) is 0. The first-order valence-electron chi connectivity index (χ1n) is 8.26. The summed E-state index contributed by atoms with van der Waals surface area (Å²) < 4.78 is 1.72. The predicted octanol–water partition coefficient (Wildman–Crippen LogP) is 1.12. The third-order valence-electron chi connectivity index (χ3n) is 4.66. The van der Waals surface area contributed by atoms with E-state index in [1.54, 1.807) is 23.2 Å². The monoisotopic (exact) mass is 324 g/mol.